The number of hydrogen-bond donors (Lipinski definition) is 2. The van der Waals surface area contributed by atoms with Gasteiger partial charge < -0.3 is 15.4 Å². The predicted molar refractivity (Wildman–Crippen MR) is 84.7 cm³/mol. The molecule has 0 unspecified atom stereocenters. The molecule has 2 N–H and O–H groups in total. The fourth-order valence-corrected chi connectivity index (χ4v) is 2.07. The third-order valence-electron chi connectivity index (χ3n) is 3.41. The summed E-state index contributed by atoms with van der Waals surface area (Å²) < 4.78 is 5.51. The summed E-state index contributed by atoms with van der Waals surface area (Å²) in [6, 6.07) is 7.54. The largest absolute Gasteiger partial charge is 0.381 e. The normalized spacial score (nSPS) is 14.0. The van der Waals surface area contributed by atoms with Crippen LogP contribution in [-0.2, 0) is 11.2 Å². The molecular formula is C16H23ClN2O2. The maximum atomic E-state index is 11.6. The third-order valence-corrected chi connectivity index (χ3v) is 3.67. The summed E-state index contributed by atoms with van der Waals surface area (Å²) in [5.41, 5.74) is 1.16. The van der Waals surface area contributed by atoms with Crippen molar-refractivity contribution in [3.05, 3.63) is 34.9 Å². The molecule has 0 saturated heterocycles. The molecule has 2 rings (SSSR count). The zero-order chi connectivity index (χ0) is 14.9. The number of benzene rings is 1. The van der Waals surface area contributed by atoms with Crippen LogP contribution in [0.3, 0.4) is 0 Å². The summed E-state index contributed by atoms with van der Waals surface area (Å²) in [6.45, 7) is 2.87. The summed E-state index contributed by atoms with van der Waals surface area (Å²) >= 11 is 5.82. The molecular weight excluding hydrogens is 288 g/mol. The monoisotopic (exact) mass is 310 g/mol. The van der Waals surface area contributed by atoms with Crippen molar-refractivity contribution >= 4 is 17.6 Å². The summed E-state index contributed by atoms with van der Waals surface area (Å²) in [5.74, 6) is 0.800. The fraction of sp³-hybridized carbons (Fsp3) is 0.562. The van der Waals surface area contributed by atoms with Gasteiger partial charge in [-0.2, -0.15) is 0 Å². The molecule has 0 bridgehead atoms. The minimum Gasteiger partial charge on any atom is -0.381 e. The molecule has 1 fully saturated rings. The van der Waals surface area contributed by atoms with E-state index in [1.165, 1.54) is 12.8 Å². The van der Waals surface area contributed by atoms with Crippen molar-refractivity contribution < 1.29 is 9.53 Å². The van der Waals surface area contributed by atoms with Crippen LogP contribution in [0.2, 0.25) is 5.02 Å². The van der Waals surface area contributed by atoms with Crippen molar-refractivity contribution in [3.63, 3.8) is 0 Å². The van der Waals surface area contributed by atoms with E-state index < -0.39 is 0 Å². The van der Waals surface area contributed by atoms with Crippen LogP contribution in [-0.4, -0.2) is 32.3 Å². The molecule has 4 nitrogen and oxygen atoms in total. The third kappa shape index (κ3) is 7.34. The zero-order valence-electron chi connectivity index (χ0n) is 12.2. The second-order valence-electron chi connectivity index (χ2n) is 5.43. The lowest BCUT2D eigenvalue weighted by molar-refractivity contribution is 0.122. The SMILES string of the molecule is O=C(NCCCOCC1CC1)NCCc1ccc(Cl)cc1. The van der Waals surface area contributed by atoms with Gasteiger partial charge in [0.05, 0.1) is 0 Å². The van der Waals surface area contributed by atoms with Crippen molar-refractivity contribution in [3.8, 4) is 0 Å². The molecule has 0 aromatic heterocycles. The van der Waals surface area contributed by atoms with E-state index in [9.17, 15) is 4.79 Å². The molecule has 0 radical (unpaired) electrons. The lowest BCUT2D eigenvalue weighted by Crippen LogP contribution is -2.37. The van der Waals surface area contributed by atoms with Gasteiger partial charge in [0.25, 0.3) is 0 Å². The Morgan fingerprint density at radius 3 is 2.62 bits per heavy atom. The summed E-state index contributed by atoms with van der Waals surface area (Å²) in [5, 5.41) is 6.40. The Balaban J connectivity index is 1.44. The van der Waals surface area contributed by atoms with Crippen LogP contribution >= 0.6 is 11.6 Å². The molecule has 1 aromatic rings. The lowest BCUT2D eigenvalue weighted by atomic mass is 10.1. The average Bonchev–Trinajstić information content (AvgIpc) is 3.29. The van der Waals surface area contributed by atoms with Crippen LogP contribution in [0.15, 0.2) is 24.3 Å². The molecule has 1 saturated carbocycles. The number of nitrogens with one attached hydrogen (secondary N) is 2. The highest BCUT2D eigenvalue weighted by Gasteiger charge is 2.20. The van der Waals surface area contributed by atoms with Gasteiger partial charge in [0.2, 0.25) is 0 Å². The highest BCUT2D eigenvalue weighted by atomic mass is 35.5. The first-order chi connectivity index (χ1) is 10.2. The van der Waals surface area contributed by atoms with Crippen LogP contribution in [0.1, 0.15) is 24.8 Å². The number of rotatable bonds is 9. The smallest absolute Gasteiger partial charge is 0.314 e. The summed E-state index contributed by atoms with van der Waals surface area (Å²) in [7, 11) is 0. The van der Waals surface area contributed by atoms with E-state index in [4.69, 9.17) is 16.3 Å². The van der Waals surface area contributed by atoms with Crippen molar-refractivity contribution in [1.82, 2.24) is 10.6 Å². The van der Waals surface area contributed by atoms with E-state index in [0.29, 0.717) is 13.1 Å². The molecule has 1 aliphatic rings. The van der Waals surface area contributed by atoms with Crippen molar-refractivity contribution in [2.24, 2.45) is 5.92 Å². The Hall–Kier alpha value is -1.26. The van der Waals surface area contributed by atoms with Gasteiger partial charge in [-0.3, -0.25) is 0 Å². The van der Waals surface area contributed by atoms with Crippen LogP contribution in [0.4, 0.5) is 4.79 Å². The van der Waals surface area contributed by atoms with E-state index in [2.05, 4.69) is 10.6 Å². The van der Waals surface area contributed by atoms with Gasteiger partial charge in [-0.15, -0.1) is 0 Å². The number of hydrogen-bond acceptors (Lipinski definition) is 2. The van der Waals surface area contributed by atoms with Gasteiger partial charge in [0.15, 0.2) is 0 Å². The van der Waals surface area contributed by atoms with Gasteiger partial charge in [0, 0.05) is 31.3 Å². The van der Waals surface area contributed by atoms with Gasteiger partial charge in [-0.25, -0.2) is 4.79 Å². The van der Waals surface area contributed by atoms with Gasteiger partial charge in [-0.05, 0) is 49.3 Å². The minimum atomic E-state index is -0.119. The molecule has 21 heavy (non-hydrogen) atoms. The maximum absolute atomic E-state index is 11.6. The van der Waals surface area contributed by atoms with Gasteiger partial charge in [0.1, 0.15) is 0 Å². The first-order valence-corrected chi connectivity index (χ1v) is 7.96. The number of ether oxygens (including phenoxy) is 1. The number of halogens is 1. The van der Waals surface area contributed by atoms with Crippen molar-refractivity contribution in [2.75, 3.05) is 26.3 Å². The van der Waals surface area contributed by atoms with Crippen LogP contribution in [0, 0.1) is 5.92 Å². The number of carbonyl (C=O) groups excluding carboxylic acids is 1. The summed E-state index contributed by atoms with van der Waals surface area (Å²) in [4.78, 5) is 11.6. The van der Waals surface area contributed by atoms with Gasteiger partial charge in [-0.1, -0.05) is 23.7 Å². The zero-order valence-corrected chi connectivity index (χ0v) is 13.0. The first kappa shape index (κ1) is 16.1. The molecule has 2 amide bonds. The molecule has 0 spiro atoms. The van der Waals surface area contributed by atoms with E-state index in [-0.39, 0.29) is 6.03 Å². The standard InChI is InChI=1S/C16H23ClN2O2/c17-15-6-4-13(5-7-15)8-10-19-16(20)18-9-1-11-21-12-14-2-3-14/h4-7,14H,1-3,8-12H2,(H2,18,19,20). The maximum Gasteiger partial charge on any atom is 0.314 e. The Morgan fingerprint density at radius 2 is 1.90 bits per heavy atom. The molecule has 1 aromatic carbocycles. The fourth-order valence-electron chi connectivity index (χ4n) is 1.94. The molecule has 0 atom stereocenters. The van der Waals surface area contributed by atoms with Crippen LogP contribution in [0.25, 0.3) is 0 Å². The molecule has 0 heterocycles. The second kappa shape index (κ2) is 8.90. The summed E-state index contributed by atoms with van der Waals surface area (Å²) in [6.07, 6.45) is 4.29. The molecule has 1 aliphatic carbocycles. The minimum absolute atomic E-state index is 0.119. The van der Waals surface area contributed by atoms with E-state index in [1.807, 2.05) is 24.3 Å². The topological polar surface area (TPSA) is 50.4 Å². The van der Waals surface area contributed by atoms with E-state index in [1.54, 1.807) is 0 Å². The highest BCUT2D eigenvalue weighted by molar-refractivity contribution is 6.30. The Labute approximate surface area is 131 Å². The van der Waals surface area contributed by atoms with Crippen LogP contribution < -0.4 is 10.6 Å². The van der Waals surface area contributed by atoms with Crippen LogP contribution in [0.5, 0.6) is 0 Å². The quantitative estimate of drug-likeness (QED) is 0.689. The van der Waals surface area contributed by atoms with Gasteiger partial charge >= 0.3 is 6.03 Å². The lowest BCUT2D eigenvalue weighted by Gasteiger charge is -2.08. The number of urea groups is 1. The number of carbonyl (C=O) groups is 1. The Bertz CT molecular complexity index is 432. The molecule has 5 heteroatoms. The Morgan fingerprint density at radius 1 is 1.19 bits per heavy atom. The van der Waals surface area contributed by atoms with Crippen molar-refractivity contribution in [1.29, 1.82) is 0 Å². The average molecular weight is 311 g/mol. The molecule has 0 aliphatic heterocycles. The second-order valence-corrected chi connectivity index (χ2v) is 5.87. The molecule has 116 valence electrons. The van der Waals surface area contributed by atoms with E-state index >= 15 is 0 Å². The highest BCUT2D eigenvalue weighted by Crippen LogP contribution is 2.28. The first-order valence-electron chi connectivity index (χ1n) is 7.58. The Kier molecular flexibility index (Phi) is 6.83. The predicted octanol–water partition coefficient (Wildman–Crippen LogP) is 3.00. The number of amides is 2. The van der Waals surface area contributed by atoms with Crippen molar-refractivity contribution in [2.45, 2.75) is 25.7 Å². The van der Waals surface area contributed by atoms with E-state index in [0.717, 1.165) is 42.6 Å².